The summed E-state index contributed by atoms with van der Waals surface area (Å²) in [5.41, 5.74) is 6.43. The molecule has 0 unspecified atom stereocenters. The smallest absolute Gasteiger partial charge is 0.265 e. The number of amidine groups is 1. The van der Waals surface area contributed by atoms with E-state index >= 15 is 0 Å². The van der Waals surface area contributed by atoms with Crippen LogP contribution < -0.4 is 16.9 Å². The number of primary amides is 1. The lowest BCUT2D eigenvalue weighted by Crippen LogP contribution is -2.29. The number of aromatic nitrogens is 1. The Labute approximate surface area is 106 Å². The molecule has 0 aliphatic carbocycles. The number of hydrogen-bond acceptors (Lipinski definition) is 4. The first-order valence-electron chi connectivity index (χ1n) is 5.31. The van der Waals surface area contributed by atoms with Crippen molar-refractivity contribution in [2.75, 3.05) is 18.9 Å². The van der Waals surface area contributed by atoms with Crippen molar-refractivity contribution in [3.8, 4) is 0 Å². The zero-order valence-corrected chi connectivity index (χ0v) is 10.6. The van der Waals surface area contributed by atoms with E-state index in [1.807, 2.05) is 0 Å². The highest BCUT2D eigenvalue weighted by Gasteiger charge is 2.09. The second-order valence-corrected chi connectivity index (χ2v) is 3.78. The van der Waals surface area contributed by atoms with E-state index in [1.165, 1.54) is 0 Å². The van der Waals surface area contributed by atoms with Crippen molar-refractivity contribution in [1.29, 1.82) is 0 Å². The van der Waals surface area contributed by atoms with Crippen molar-refractivity contribution >= 4 is 17.4 Å². The largest absolute Gasteiger partial charge is 0.376 e. The van der Waals surface area contributed by atoms with Crippen molar-refractivity contribution in [1.82, 2.24) is 9.47 Å². The third-order valence-electron chi connectivity index (χ3n) is 2.54. The first-order chi connectivity index (χ1) is 8.49. The molecule has 18 heavy (non-hydrogen) atoms. The van der Waals surface area contributed by atoms with Gasteiger partial charge in [0.1, 0.15) is 11.5 Å². The van der Waals surface area contributed by atoms with Crippen LogP contribution in [0.5, 0.6) is 0 Å². The summed E-state index contributed by atoms with van der Waals surface area (Å²) in [6.07, 6.45) is 3.37. The summed E-state index contributed by atoms with van der Waals surface area (Å²) in [6.45, 7) is 4.04. The summed E-state index contributed by atoms with van der Waals surface area (Å²) in [6, 6.07) is 1.67. The number of carbonyl (C=O) groups excluding carboxylic acids is 1. The maximum atomic E-state index is 11.1. The van der Waals surface area contributed by atoms with E-state index in [1.54, 1.807) is 42.0 Å². The molecule has 0 aliphatic heterocycles. The quantitative estimate of drug-likeness (QED) is 0.293. The minimum absolute atomic E-state index is 0.418. The Bertz CT molecular complexity index is 476. The summed E-state index contributed by atoms with van der Waals surface area (Å²) in [5.74, 6) is 5.42. The van der Waals surface area contributed by atoms with E-state index in [2.05, 4.69) is 17.0 Å². The topological polar surface area (TPSA) is 102 Å². The Balaban J connectivity index is 2.72. The predicted molar refractivity (Wildman–Crippen MR) is 72.0 cm³/mol. The van der Waals surface area contributed by atoms with Gasteiger partial charge < -0.3 is 26.4 Å². The van der Waals surface area contributed by atoms with Crippen molar-refractivity contribution in [2.24, 2.45) is 23.7 Å². The van der Waals surface area contributed by atoms with Crippen LogP contribution in [0.2, 0.25) is 0 Å². The summed E-state index contributed by atoms with van der Waals surface area (Å²) in [4.78, 5) is 12.8. The van der Waals surface area contributed by atoms with Crippen molar-refractivity contribution < 1.29 is 4.79 Å². The zero-order chi connectivity index (χ0) is 13.7. The van der Waals surface area contributed by atoms with E-state index < -0.39 is 5.91 Å². The van der Waals surface area contributed by atoms with Crippen LogP contribution in [-0.2, 0) is 7.05 Å². The molecule has 5 N–H and O–H groups in total. The molecule has 7 heteroatoms. The van der Waals surface area contributed by atoms with Crippen LogP contribution in [-0.4, -0.2) is 34.8 Å². The first-order valence-corrected chi connectivity index (χ1v) is 5.31. The van der Waals surface area contributed by atoms with E-state index in [9.17, 15) is 4.79 Å². The van der Waals surface area contributed by atoms with Crippen molar-refractivity contribution in [3.63, 3.8) is 0 Å². The fraction of sp³-hybridized carbons (Fsp3) is 0.273. The van der Waals surface area contributed by atoms with Gasteiger partial charge in [-0.15, -0.1) is 0 Å². The van der Waals surface area contributed by atoms with E-state index in [-0.39, 0.29) is 0 Å². The van der Waals surface area contributed by atoms with Gasteiger partial charge in [0, 0.05) is 20.3 Å². The van der Waals surface area contributed by atoms with Gasteiger partial charge in [0.25, 0.3) is 5.91 Å². The van der Waals surface area contributed by atoms with Crippen LogP contribution in [0.4, 0.5) is 5.69 Å². The molecule has 1 amide bonds. The average molecular weight is 250 g/mol. The standard InChI is InChI=1S/C11H18N6O/c1-4-16(2)10(15-13)6-14-8-5-9(11(12)18)17(3)7-8/h4-5,7,14H,1,6,13H2,2-3H3,(H2,12,18)/b15-10-. The summed E-state index contributed by atoms with van der Waals surface area (Å²) < 4.78 is 1.65. The van der Waals surface area contributed by atoms with Crippen LogP contribution in [0.25, 0.3) is 0 Å². The lowest BCUT2D eigenvalue weighted by atomic mass is 10.4. The molecule has 0 saturated heterocycles. The number of anilines is 1. The molecule has 1 rings (SSSR count). The Morgan fingerprint density at radius 3 is 2.83 bits per heavy atom. The Hall–Kier alpha value is -2.44. The molecule has 0 atom stereocenters. The van der Waals surface area contributed by atoms with Crippen LogP contribution in [0, 0.1) is 0 Å². The van der Waals surface area contributed by atoms with Crippen LogP contribution in [0.15, 0.2) is 30.1 Å². The van der Waals surface area contributed by atoms with Gasteiger partial charge in [0.2, 0.25) is 0 Å². The van der Waals surface area contributed by atoms with Crippen LogP contribution in [0.1, 0.15) is 10.5 Å². The van der Waals surface area contributed by atoms with Gasteiger partial charge in [0.15, 0.2) is 0 Å². The highest BCUT2D eigenvalue weighted by Crippen LogP contribution is 2.12. The van der Waals surface area contributed by atoms with E-state index in [0.29, 0.717) is 18.1 Å². The lowest BCUT2D eigenvalue weighted by Gasteiger charge is -2.15. The molecule has 0 aromatic carbocycles. The summed E-state index contributed by atoms with van der Waals surface area (Å²) >= 11 is 0. The van der Waals surface area contributed by atoms with Gasteiger partial charge in [-0.1, -0.05) is 6.58 Å². The maximum Gasteiger partial charge on any atom is 0.265 e. The zero-order valence-electron chi connectivity index (χ0n) is 10.6. The molecule has 0 saturated carbocycles. The van der Waals surface area contributed by atoms with Gasteiger partial charge in [-0.3, -0.25) is 4.79 Å². The first kappa shape index (κ1) is 13.6. The third kappa shape index (κ3) is 3.03. The Morgan fingerprint density at radius 1 is 1.72 bits per heavy atom. The average Bonchev–Trinajstić information content (AvgIpc) is 2.71. The van der Waals surface area contributed by atoms with Crippen LogP contribution >= 0.6 is 0 Å². The fourth-order valence-corrected chi connectivity index (χ4v) is 1.45. The fourth-order valence-electron chi connectivity index (χ4n) is 1.45. The van der Waals surface area contributed by atoms with Gasteiger partial charge in [0.05, 0.1) is 12.2 Å². The number of nitrogens with two attached hydrogens (primary N) is 2. The minimum Gasteiger partial charge on any atom is -0.376 e. The number of hydrogen-bond donors (Lipinski definition) is 3. The maximum absolute atomic E-state index is 11.1. The molecule has 98 valence electrons. The number of aryl methyl sites for hydroxylation is 1. The number of nitrogens with zero attached hydrogens (tertiary/aromatic N) is 3. The normalized spacial score (nSPS) is 11.1. The molecule has 1 heterocycles. The van der Waals surface area contributed by atoms with E-state index in [4.69, 9.17) is 11.6 Å². The molecule has 0 aliphatic rings. The molecular formula is C11H18N6O. The van der Waals surface area contributed by atoms with Gasteiger partial charge >= 0.3 is 0 Å². The minimum atomic E-state index is -0.471. The number of rotatable bonds is 5. The summed E-state index contributed by atoms with van der Waals surface area (Å²) in [7, 11) is 3.54. The van der Waals surface area contributed by atoms with Crippen molar-refractivity contribution in [2.45, 2.75) is 0 Å². The number of likely N-dealkylation sites (N-methyl/N-ethyl adjacent to an activating group) is 1. The lowest BCUT2D eigenvalue weighted by molar-refractivity contribution is 0.0992. The molecule has 0 radical (unpaired) electrons. The molecule has 0 spiro atoms. The Morgan fingerprint density at radius 2 is 2.39 bits per heavy atom. The highest BCUT2D eigenvalue weighted by atomic mass is 16.1. The van der Waals surface area contributed by atoms with Crippen molar-refractivity contribution in [3.05, 3.63) is 30.7 Å². The monoisotopic (exact) mass is 250 g/mol. The number of amides is 1. The van der Waals surface area contributed by atoms with Gasteiger partial charge in [-0.25, -0.2) is 0 Å². The van der Waals surface area contributed by atoms with E-state index in [0.717, 1.165) is 5.69 Å². The molecule has 7 nitrogen and oxygen atoms in total. The SMILES string of the molecule is C=CN(C)/C(CNc1cc(C(N)=O)n(C)c1)=N\N. The molecule has 1 aromatic rings. The number of carbonyl (C=O) groups is 1. The number of hydrazone groups is 1. The molecule has 0 bridgehead atoms. The van der Waals surface area contributed by atoms with Crippen LogP contribution in [0.3, 0.4) is 0 Å². The third-order valence-corrected chi connectivity index (χ3v) is 2.54. The highest BCUT2D eigenvalue weighted by molar-refractivity contribution is 5.93. The summed E-state index contributed by atoms with van der Waals surface area (Å²) in [5, 5.41) is 6.75. The molecule has 1 aromatic heterocycles. The second kappa shape index (κ2) is 5.76. The predicted octanol–water partition coefficient (Wildman–Crippen LogP) is -0.117. The second-order valence-electron chi connectivity index (χ2n) is 3.78. The number of nitrogens with one attached hydrogen (secondary N) is 1. The molecular weight excluding hydrogens is 232 g/mol. The van der Waals surface area contributed by atoms with Gasteiger partial charge in [-0.05, 0) is 12.3 Å². The Kier molecular flexibility index (Phi) is 4.36. The van der Waals surface area contributed by atoms with Gasteiger partial charge in [-0.2, -0.15) is 5.10 Å². The molecule has 0 fully saturated rings.